The lowest BCUT2D eigenvalue weighted by molar-refractivity contribution is 0.215. The van der Waals surface area contributed by atoms with Crippen LogP contribution in [-0.4, -0.2) is 29.5 Å². The lowest BCUT2D eigenvalue weighted by atomic mass is 9.64. The van der Waals surface area contributed by atoms with Crippen LogP contribution in [0, 0.1) is 22.2 Å². The molecule has 0 amide bonds. The zero-order valence-electron chi connectivity index (χ0n) is 22.0. The number of ether oxygens (including phenoxy) is 1. The van der Waals surface area contributed by atoms with Crippen LogP contribution in [0.5, 0.6) is 0 Å². The number of benzene rings is 2. The summed E-state index contributed by atoms with van der Waals surface area (Å²) < 4.78 is 6.18. The van der Waals surface area contributed by atoms with Crippen molar-refractivity contribution in [3.05, 3.63) is 84.8 Å². The first-order valence-electron chi connectivity index (χ1n) is 13.1. The van der Waals surface area contributed by atoms with E-state index in [9.17, 15) is 5.26 Å². The van der Waals surface area contributed by atoms with Gasteiger partial charge in [0.25, 0.3) is 0 Å². The van der Waals surface area contributed by atoms with Crippen molar-refractivity contribution in [3.8, 4) is 17.2 Å². The van der Waals surface area contributed by atoms with Crippen LogP contribution in [-0.2, 0) is 4.74 Å². The number of pyridine rings is 2. The van der Waals surface area contributed by atoms with E-state index in [1.54, 1.807) is 0 Å². The van der Waals surface area contributed by atoms with E-state index in [1.165, 1.54) is 0 Å². The van der Waals surface area contributed by atoms with E-state index in [-0.39, 0.29) is 17.9 Å². The maximum absolute atomic E-state index is 9.78. The molecule has 0 N–H and O–H groups in total. The summed E-state index contributed by atoms with van der Waals surface area (Å²) in [7, 11) is 2.07. The summed E-state index contributed by atoms with van der Waals surface area (Å²) in [6, 6.07) is 19.3. The molecule has 7 rings (SSSR count). The Morgan fingerprint density at radius 3 is 2.63 bits per heavy atom. The standard InChI is InChI=1S/C32H29N5O/c1-31(2,19-33)32(3)13-11-23(12-14-32)37-28-24-16-20(22-15-21-7-5-6-8-25(21)34-17-22)9-10-26(24)35-18-27(28)36(4)29-30(37)38-29/h5-13,15-18,29-30H,14H2,1-4H3. The van der Waals surface area contributed by atoms with Gasteiger partial charge in [0, 0.05) is 40.7 Å². The largest absolute Gasteiger partial charge is 0.342 e. The molecule has 4 aromatic rings. The Hall–Kier alpha value is -4.21. The fourth-order valence-electron chi connectivity index (χ4n) is 5.69. The normalized spacial score (nSPS) is 24.1. The highest BCUT2D eigenvalue weighted by Crippen LogP contribution is 2.52. The van der Waals surface area contributed by atoms with Gasteiger partial charge >= 0.3 is 0 Å². The quantitative estimate of drug-likeness (QED) is 0.289. The number of likely N-dealkylation sites (N-methyl/N-ethyl adjacent to an activating group) is 1. The minimum Gasteiger partial charge on any atom is -0.342 e. The van der Waals surface area contributed by atoms with Crippen LogP contribution in [0.2, 0.25) is 0 Å². The highest BCUT2D eigenvalue weighted by Gasteiger charge is 2.53. The van der Waals surface area contributed by atoms with E-state index < -0.39 is 5.41 Å². The number of fused-ring (bicyclic) bond motifs is 5. The van der Waals surface area contributed by atoms with Crippen LogP contribution >= 0.6 is 0 Å². The van der Waals surface area contributed by atoms with Gasteiger partial charge in [-0.25, -0.2) is 0 Å². The van der Waals surface area contributed by atoms with E-state index in [0.29, 0.717) is 0 Å². The van der Waals surface area contributed by atoms with Crippen molar-refractivity contribution >= 4 is 33.2 Å². The Morgan fingerprint density at radius 2 is 1.84 bits per heavy atom. The summed E-state index contributed by atoms with van der Waals surface area (Å²) in [6.45, 7) is 6.20. The molecule has 1 saturated heterocycles. The van der Waals surface area contributed by atoms with Crippen molar-refractivity contribution in [3.63, 3.8) is 0 Å². The number of para-hydroxylation sites is 1. The van der Waals surface area contributed by atoms with Gasteiger partial charge in [-0.3, -0.25) is 9.97 Å². The number of nitriles is 1. The first kappa shape index (κ1) is 22.9. The molecule has 3 unspecified atom stereocenters. The molecule has 1 aliphatic carbocycles. The molecule has 6 nitrogen and oxygen atoms in total. The van der Waals surface area contributed by atoms with Gasteiger partial charge < -0.3 is 14.5 Å². The summed E-state index contributed by atoms with van der Waals surface area (Å²) in [5.74, 6) is 0. The first-order chi connectivity index (χ1) is 18.3. The van der Waals surface area contributed by atoms with Crippen LogP contribution < -0.4 is 9.80 Å². The van der Waals surface area contributed by atoms with Crippen LogP contribution in [0.15, 0.2) is 84.8 Å². The number of nitrogens with zero attached hydrogens (tertiary/aromatic N) is 5. The molecule has 2 aliphatic heterocycles. The first-order valence-corrected chi connectivity index (χ1v) is 13.1. The lowest BCUT2D eigenvalue weighted by Crippen LogP contribution is -2.40. The Kier molecular flexibility index (Phi) is 4.77. The number of anilines is 2. The van der Waals surface area contributed by atoms with Crippen molar-refractivity contribution in [2.45, 2.75) is 39.6 Å². The molecular formula is C32H29N5O. The fourth-order valence-corrected chi connectivity index (χ4v) is 5.69. The van der Waals surface area contributed by atoms with Gasteiger partial charge in [-0.2, -0.15) is 5.26 Å². The van der Waals surface area contributed by atoms with Gasteiger partial charge in [-0.1, -0.05) is 43.3 Å². The third kappa shape index (κ3) is 3.28. The van der Waals surface area contributed by atoms with Gasteiger partial charge in [0.15, 0.2) is 12.5 Å². The summed E-state index contributed by atoms with van der Waals surface area (Å²) >= 11 is 0. The van der Waals surface area contributed by atoms with E-state index in [0.717, 1.165) is 56.4 Å². The Bertz CT molecular complexity index is 1730. The second-order valence-electron chi connectivity index (χ2n) is 11.4. The zero-order chi connectivity index (χ0) is 26.2. The predicted octanol–water partition coefficient (Wildman–Crippen LogP) is 6.79. The second-order valence-corrected chi connectivity index (χ2v) is 11.4. The molecule has 2 aromatic carbocycles. The van der Waals surface area contributed by atoms with Gasteiger partial charge in [0.1, 0.15) is 0 Å². The topological polar surface area (TPSA) is 68.6 Å². The van der Waals surface area contributed by atoms with E-state index in [4.69, 9.17) is 9.72 Å². The lowest BCUT2D eigenvalue weighted by Gasteiger charge is -2.41. The number of hydrogen-bond acceptors (Lipinski definition) is 6. The van der Waals surface area contributed by atoms with Gasteiger partial charge in [0.2, 0.25) is 0 Å². The molecule has 4 heterocycles. The molecular weight excluding hydrogens is 470 g/mol. The van der Waals surface area contributed by atoms with Gasteiger partial charge in [0.05, 0.1) is 40.1 Å². The number of rotatable bonds is 3. The fraction of sp³-hybridized carbons (Fsp3) is 0.281. The summed E-state index contributed by atoms with van der Waals surface area (Å²) in [4.78, 5) is 14.0. The summed E-state index contributed by atoms with van der Waals surface area (Å²) in [5, 5.41) is 12.0. The maximum Gasteiger partial charge on any atom is 0.182 e. The summed E-state index contributed by atoms with van der Waals surface area (Å²) in [6.07, 6.45) is 11.2. The van der Waals surface area contributed by atoms with E-state index in [2.05, 4.69) is 83.4 Å². The van der Waals surface area contributed by atoms with E-state index >= 15 is 0 Å². The van der Waals surface area contributed by atoms with Crippen LogP contribution in [0.1, 0.15) is 27.2 Å². The minimum absolute atomic E-state index is 0.00669. The number of hydrogen-bond donors (Lipinski definition) is 0. The predicted molar refractivity (Wildman–Crippen MR) is 151 cm³/mol. The Balaban J connectivity index is 1.36. The molecule has 0 radical (unpaired) electrons. The number of epoxide rings is 1. The third-order valence-electron chi connectivity index (χ3n) is 8.79. The smallest absolute Gasteiger partial charge is 0.182 e. The highest BCUT2D eigenvalue weighted by atomic mass is 16.6. The van der Waals surface area contributed by atoms with E-state index in [1.807, 2.05) is 44.4 Å². The Labute approximate surface area is 222 Å². The van der Waals surface area contributed by atoms with Crippen LogP contribution in [0.25, 0.3) is 32.9 Å². The maximum atomic E-state index is 9.78. The van der Waals surface area contributed by atoms with Crippen molar-refractivity contribution < 1.29 is 4.74 Å². The summed E-state index contributed by atoms with van der Waals surface area (Å²) in [5.41, 5.74) is 6.65. The second kappa shape index (κ2) is 7.89. The number of allylic oxidation sites excluding steroid dienone is 3. The molecule has 3 atom stereocenters. The van der Waals surface area contributed by atoms with Gasteiger partial charge in [-0.05, 0) is 56.2 Å². The van der Waals surface area contributed by atoms with Crippen molar-refractivity contribution in [2.24, 2.45) is 10.8 Å². The van der Waals surface area contributed by atoms with Gasteiger partial charge in [-0.15, -0.1) is 0 Å². The SMILES string of the molecule is CN1c2cnc3ccc(-c4cnc5ccccc5c4)cc3c2N(C2=CCC(C)(C(C)(C)C#N)C=C2)C2OC21. The molecule has 188 valence electrons. The molecule has 0 bridgehead atoms. The average molecular weight is 500 g/mol. The zero-order valence-corrected chi connectivity index (χ0v) is 22.0. The molecule has 1 fully saturated rings. The highest BCUT2D eigenvalue weighted by molar-refractivity contribution is 6.02. The molecule has 6 heteroatoms. The minimum atomic E-state index is -0.469. The third-order valence-corrected chi connectivity index (χ3v) is 8.79. The average Bonchev–Trinajstić information content (AvgIpc) is 3.74. The molecule has 3 aliphatic rings. The Morgan fingerprint density at radius 1 is 1.03 bits per heavy atom. The van der Waals surface area contributed by atoms with Crippen LogP contribution in [0.4, 0.5) is 11.4 Å². The van der Waals surface area contributed by atoms with Crippen molar-refractivity contribution in [1.82, 2.24) is 9.97 Å². The molecule has 38 heavy (non-hydrogen) atoms. The van der Waals surface area contributed by atoms with Crippen LogP contribution in [0.3, 0.4) is 0 Å². The monoisotopic (exact) mass is 499 g/mol. The molecule has 0 spiro atoms. The van der Waals surface area contributed by atoms with Crippen molar-refractivity contribution in [1.29, 1.82) is 5.26 Å². The number of aromatic nitrogens is 2. The molecule has 2 aromatic heterocycles. The van der Waals surface area contributed by atoms with Crippen molar-refractivity contribution in [2.75, 3.05) is 16.8 Å². The molecule has 0 saturated carbocycles.